The minimum absolute atomic E-state index is 0.414. The third-order valence-electron chi connectivity index (χ3n) is 2.82. The molecular formula is C16H11ClIN3. The summed E-state index contributed by atoms with van der Waals surface area (Å²) in [7, 11) is 0. The van der Waals surface area contributed by atoms with Crippen LogP contribution >= 0.6 is 34.2 Å². The highest BCUT2D eigenvalue weighted by Gasteiger charge is 2.06. The molecule has 3 rings (SSSR count). The van der Waals surface area contributed by atoms with Crippen LogP contribution in [0.4, 0.5) is 11.5 Å². The topological polar surface area (TPSA) is 37.8 Å². The summed E-state index contributed by atoms with van der Waals surface area (Å²) in [6, 6.07) is 19.5. The fourth-order valence-electron chi connectivity index (χ4n) is 1.91. The summed E-state index contributed by atoms with van der Waals surface area (Å²) in [5.74, 6) is 1.28. The zero-order valence-electron chi connectivity index (χ0n) is 10.9. The fourth-order valence-corrected chi connectivity index (χ4v) is 2.64. The van der Waals surface area contributed by atoms with E-state index >= 15 is 0 Å². The molecule has 0 spiro atoms. The monoisotopic (exact) mass is 407 g/mol. The zero-order chi connectivity index (χ0) is 14.7. The normalized spacial score (nSPS) is 10.4. The number of aromatic nitrogens is 2. The predicted molar refractivity (Wildman–Crippen MR) is 94.9 cm³/mol. The molecule has 0 aliphatic rings. The maximum absolute atomic E-state index is 6.10. The Kier molecular flexibility index (Phi) is 4.36. The molecule has 0 bridgehead atoms. The first-order valence-electron chi connectivity index (χ1n) is 6.33. The van der Waals surface area contributed by atoms with E-state index < -0.39 is 0 Å². The smallest absolute Gasteiger partial charge is 0.163 e. The van der Waals surface area contributed by atoms with E-state index in [1.54, 1.807) is 6.07 Å². The molecule has 0 atom stereocenters. The number of rotatable bonds is 3. The van der Waals surface area contributed by atoms with Gasteiger partial charge in [-0.1, -0.05) is 48.0 Å². The Labute approximate surface area is 141 Å². The van der Waals surface area contributed by atoms with Crippen LogP contribution in [0.15, 0.2) is 60.7 Å². The van der Waals surface area contributed by atoms with Crippen molar-refractivity contribution in [2.75, 3.05) is 5.32 Å². The van der Waals surface area contributed by atoms with Crippen LogP contribution in [0.25, 0.3) is 11.4 Å². The van der Waals surface area contributed by atoms with Crippen LogP contribution in [0.3, 0.4) is 0 Å². The van der Waals surface area contributed by atoms with Crippen LogP contribution < -0.4 is 5.32 Å². The Bertz CT molecular complexity index is 762. The quantitative estimate of drug-likeness (QED) is 0.482. The molecule has 5 heteroatoms. The first-order chi connectivity index (χ1) is 10.2. The van der Waals surface area contributed by atoms with Gasteiger partial charge in [0, 0.05) is 20.9 Å². The van der Waals surface area contributed by atoms with E-state index in [-0.39, 0.29) is 0 Å². The highest BCUT2D eigenvalue weighted by atomic mass is 127. The highest BCUT2D eigenvalue weighted by Crippen LogP contribution is 2.23. The van der Waals surface area contributed by atoms with E-state index in [1.807, 2.05) is 54.6 Å². The molecule has 0 amide bonds. The summed E-state index contributed by atoms with van der Waals surface area (Å²) in [6.07, 6.45) is 0. The average molecular weight is 408 g/mol. The summed E-state index contributed by atoms with van der Waals surface area (Å²) in [6.45, 7) is 0. The lowest BCUT2D eigenvalue weighted by atomic mass is 10.2. The molecule has 0 unspecified atom stereocenters. The van der Waals surface area contributed by atoms with Crippen LogP contribution in [0.1, 0.15) is 0 Å². The summed E-state index contributed by atoms with van der Waals surface area (Å²) < 4.78 is 1.15. The Balaban J connectivity index is 1.95. The van der Waals surface area contributed by atoms with Crippen molar-refractivity contribution in [3.05, 3.63) is 69.4 Å². The molecule has 3 aromatic rings. The number of benzene rings is 2. The average Bonchev–Trinajstić information content (AvgIpc) is 2.47. The number of halogens is 2. The lowest BCUT2D eigenvalue weighted by Crippen LogP contribution is -1.97. The highest BCUT2D eigenvalue weighted by molar-refractivity contribution is 14.1. The van der Waals surface area contributed by atoms with Crippen LogP contribution in [-0.2, 0) is 0 Å². The van der Waals surface area contributed by atoms with Crippen molar-refractivity contribution < 1.29 is 0 Å². The summed E-state index contributed by atoms with van der Waals surface area (Å²) in [4.78, 5) is 8.80. The first kappa shape index (κ1) is 14.3. The van der Waals surface area contributed by atoms with E-state index in [4.69, 9.17) is 11.6 Å². The summed E-state index contributed by atoms with van der Waals surface area (Å²) in [5, 5.41) is 3.67. The van der Waals surface area contributed by atoms with Crippen molar-refractivity contribution in [1.29, 1.82) is 0 Å². The molecule has 1 heterocycles. The van der Waals surface area contributed by atoms with Gasteiger partial charge in [0.05, 0.1) is 0 Å². The molecule has 0 saturated carbocycles. The molecular weight excluding hydrogens is 397 g/mol. The van der Waals surface area contributed by atoms with E-state index in [1.165, 1.54) is 0 Å². The summed E-state index contributed by atoms with van der Waals surface area (Å²) >= 11 is 8.38. The minimum Gasteiger partial charge on any atom is -0.340 e. The van der Waals surface area contributed by atoms with Crippen molar-refractivity contribution >= 4 is 45.7 Å². The standard InChI is InChI=1S/C16H11ClIN3/c17-14-10-15(19-13-8-4-7-12(18)9-13)21-16(20-14)11-5-2-1-3-6-11/h1-10H,(H,19,20,21). The molecule has 0 saturated heterocycles. The third-order valence-corrected chi connectivity index (χ3v) is 3.69. The Morgan fingerprint density at radius 2 is 1.71 bits per heavy atom. The SMILES string of the molecule is Clc1cc(Nc2cccc(I)c2)nc(-c2ccccc2)n1. The fraction of sp³-hybridized carbons (Fsp3) is 0. The summed E-state index contributed by atoms with van der Waals surface area (Å²) in [5.41, 5.74) is 1.90. The molecule has 0 fully saturated rings. The van der Waals surface area contributed by atoms with Gasteiger partial charge in [0.1, 0.15) is 11.0 Å². The Hall–Kier alpha value is -1.66. The lowest BCUT2D eigenvalue weighted by Gasteiger charge is -2.08. The maximum atomic E-state index is 6.10. The van der Waals surface area contributed by atoms with Gasteiger partial charge in [-0.2, -0.15) is 0 Å². The van der Waals surface area contributed by atoms with Gasteiger partial charge in [0.2, 0.25) is 0 Å². The molecule has 0 aliphatic heterocycles. The van der Waals surface area contributed by atoms with E-state index in [0.29, 0.717) is 16.8 Å². The Morgan fingerprint density at radius 3 is 2.48 bits per heavy atom. The van der Waals surface area contributed by atoms with Crippen molar-refractivity contribution in [3.8, 4) is 11.4 Å². The van der Waals surface area contributed by atoms with Crippen molar-refractivity contribution in [2.45, 2.75) is 0 Å². The van der Waals surface area contributed by atoms with Gasteiger partial charge in [0.15, 0.2) is 5.82 Å². The second kappa shape index (κ2) is 6.41. The molecule has 1 N–H and O–H groups in total. The van der Waals surface area contributed by atoms with Gasteiger partial charge >= 0.3 is 0 Å². The van der Waals surface area contributed by atoms with Gasteiger partial charge in [-0.05, 0) is 40.8 Å². The van der Waals surface area contributed by atoms with Crippen molar-refractivity contribution in [3.63, 3.8) is 0 Å². The number of anilines is 2. The molecule has 104 valence electrons. The maximum Gasteiger partial charge on any atom is 0.163 e. The molecule has 1 aromatic heterocycles. The molecule has 21 heavy (non-hydrogen) atoms. The van der Waals surface area contributed by atoms with Crippen molar-refractivity contribution in [1.82, 2.24) is 9.97 Å². The second-order valence-corrected chi connectivity index (χ2v) is 6.03. The minimum atomic E-state index is 0.414. The van der Waals surface area contributed by atoms with E-state index in [0.717, 1.165) is 14.8 Å². The van der Waals surface area contributed by atoms with Crippen LogP contribution in [0.5, 0.6) is 0 Å². The van der Waals surface area contributed by atoms with Gasteiger partial charge in [0.25, 0.3) is 0 Å². The van der Waals surface area contributed by atoms with E-state index in [2.05, 4.69) is 37.9 Å². The van der Waals surface area contributed by atoms with Crippen LogP contribution in [-0.4, -0.2) is 9.97 Å². The number of hydrogen-bond donors (Lipinski definition) is 1. The molecule has 2 aromatic carbocycles. The second-order valence-electron chi connectivity index (χ2n) is 4.40. The number of nitrogens with zero attached hydrogens (tertiary/aromatic N) is 2. The van der Waals surface area contributed by atoms with E-state index in [9.17, 15) is 0 Å². The van der Waals surface area contributed by atoms with Crippen molar-refractivity contribution in [2.24, 2.45) is 0 Å². The Morgan fingerprint density at radius 1 is 0.905 bits per heavy atom. The molecule has 0 aliphatic carbocycles. The lowest BCUT2D eigenvalue weighted by molar-refractivity contribution is 1.17. The molecule has 0 radical (unpaired) electrons. The third kappa shape index (κ3) is 3.71. The number of nitrogens with one attached hydrogen (secondary N) is 1. The largest absolute Gasteiger partial charge is 0.340 e. The molecule has 3 nitrogen and oxygen atoms in total. The van der Waals surface area contributed by atoms with Crippen LogP contribution in [0.2, 0.25) is 5.15 Å². The van der Waals surface area contributed by atoms with Gasteiger partial charge in [-0.25, -0.2) is 9.97 Å². The first-order valence-corrected chi connectivity index (χ1v) is 7.79. The predicted octanol–water partition coefficient (Wildman–Crippen LogP) is 5.15. The van der Waals surface area contributed by atoms with Gasteiger partial charge in [-0.15, -0.1) is 0 Å². The van der Waals surface area contributed by atoms with Crippen LogP contribution in [0, 0.1) is 3.57 Å². The zero-order valence-corrected chi connectivity index (χ0v) is 13.8. The number of hydrogen-bond acceptors (Lipinski definition) is 3. The van der Waals surface area contributed by atoms with Gasteiger partial charge in [-0.3, -0.25) is 0 Å². The van der Waals surface area contributed by atoms with Gasteiger partial charge < -0.3 is 5.32 Å².